The fraction of sp³-hybridized carbons (Fsp3) is 0.538. The first-order valence-electron chi connectivity index (χ1n) is 6.29. The van der Waals surface area contributed by atoms with Crippen molar-refractivity contribution in [3.8, 4) is 0 Å². The van der Waals surface area contributed by atoms with Crippen molar-refractivity contribution in [1.82, 2.24) is 0 Å². The van der Waals surface area contributed by atoms with Crippen molar-refractivity contribution in [3.63, 3.8) is 0 Å². The highest BCUT2D eigenvalue weighted by Crippen LogP contribution is 2.26. The monoisotopic (exact) mass is 254 g/mol. The molecule has 1 aromatic carbocycles. The van der Waals surface area contributed by atoms with Gasteiger partial charge in [0.25, 0.3) is 5.69 Å². The highest BCUT2D eigenvalue weighted by Gasteiger charge is 2.17. The van der Waals surface area contributed by atoms with Crippen LogP contribution in [0.2, 0.25) is 0 Å². The normalized spacial score (nSPS) is 12.2. The van der Waals surface area contributed by atoms with Crippen LogP contribution in [0.5, 0.6) is 0 Å². The van der Waals surface area contributed by atoms with Gasteiger partial charge in [-0.3, -0.25) is 10.1 Å². The molecule has 0 aliphatic rings. The second-order valence-electron chi connectivity index (χ2n) is 4.31. The van der Waals surface area contributed by atoms with Gasteiger partial charge in [0.1, 0.15) is 11.5 Å². The molecular formula is C13H19FN2O2. The number of unbranched alkanes of at least 4 members (excludes halogenated alkanes) is 1. The van der Waals surface area contributed by atoms with Gasteiger partial charge in [-0.25, -0.2) is 4.39 Å². The molecule has 0 saturated heterocycles. The number of nitrogens with zero attached hydrogens (tertiary/aromatic N) is 1. The number of anilines is 1. The molecule has 5 heteroatoms. The largest absolute Gasteiger partial charge is 0.377 e. The molecule has 1 unspecified atom stereocenters. The quantitative estimate of drug-likeness (QED) is 0.588. The number of halogens is 1. The highest BCUT2D eigenvalue weighted by atomic mass is 19.1. The molecule has 0 aromatic heterocycles. The van der Waals surface area contributed by atoms with Gasteiger partial charge in [0, 0.05) is 6.04 Å². The van der Waals surface area contributed by atoms with Crippen LogP contribution in [0, 0.1) is 15.9 Å². The van der Waals surface area contributed by atoms with Crippen LogP contribution < -0.4 is 5.32 Å². The van der Waals surface area contributed by atoms with Crippen molar-refractivity contribution in [3.05, 3.63) is 34.1 Å². The molecule has 0 aliphatic carbocycles. The Hall–Kier alpha value is -1.65. The van der Waals surface area contributed by atoms with E-state index in [2.05, 4.69) is 12.2 Å². The van der Waals surface area contributed by atoms with Crippen LogP contribution in [-0.4, -0.2) is 11.0 Å². The molecule has 0 fully saturated rings. The number of nitro benzene ring substituents is 1. The molecule has 0 spiro atoms. The molecule has 0 heterocycles. The smallest absolute Gasteiger partial charge is 0.295 e. The summed E-state index contributed by atoms with van der Waals surface area (Å²) in [7, 11) is 0. The van der Waals surface area contributed by atoms with Crippen LogP contribution in [0.4, 0.5) is 15.8 Å². The summed E-state index contributed by atoms with van der Waals surface area (Å²) in [5.74, 6) is -0.589. The Morgan fingerprint density at radius 2 is 2.17 bits per heavy atom. The van der Waals surface area contributed by atoms with Crippen molar-refractivity contribution >= 4 is 11.4 Å². The Balaban J connectivity index is 2.84. The van der Waals surface area contributed by atoms with E-state index in [9.17, 15) is 14.5 Å². The van der Waals surface area contributed by atoms with Gasteiger partial charge in [-0.05, 0) is 25.0 Å². The van der Waals surface area contributed by atoms with E-state index in [1.807, 2.05) is 6.92 Å². The lowest BCUT2D eigenvalue weighted by molar-refractivity contribution is -0.384. The minimum atomic E-state index is -0.589. The summed E-state index contributed by atoms with van der Waals surface area (Å²) in [6, 6.07) is 3.81. The van der Waals surface area contributed by atoms with Gasteiger partial charge < -0.3 is 5.32 Å². The minimum absolute atomic E-state index is 0.189. The highest BCUT2D eigenvalue weighted by molar-refractivity contribution is 5.61. The molecular weight excluding hydrogens is 235 g/mol. The molecule has 1 atom stereocenters. The summed E-state index contributed by atoms with van der Waals surface area (Å²) in [4.78, 5) is 10.3. The lowest BCUT2D eigenvalue weighted by Crippen LogP contribution is -2.19. The molecule has 0 amide bonds. The van der Waals surface area contributed by atoms with Gasteiger partial charge in [0.05, 0.1) is 11.0 Å². The molecule has 1 N–H and O–H groups in total. The van der Waals surface area contributed by atoms with Crippen molar-refractivity contribution in [2.45, 2.75) is 45.6 Å². The van der Waals surface area contributed by atoms with E-state index < -0.39 is 10.7 Å². The van der Waals surface area contributed by atoms with E-state index in [-0.39, 0.29) is 11.7 Å². The lowest BCUT2D eigenvalue weighted by Gasteiger charge is -2.17. The number of benzene rings is 1. The fourth-order valence-electron chi connectivity index (χ4n) is 1.83. The fourth-order valence-corrected chi connectivity index (χ4v) is 1.83. The Labute approximate surface area is 106 Å². The predicted molar refractivity (Wildman–Crippen MR) is 70.3 cm³/mol. The van der Waals surface area contributed by atoms with Crippen LogP contribution >= 0.6 is 0 Å². The zero-order chi connectivity index (χ0) is 13.5. The van der Waals surface area contributed by atoms with Gasteiger partial charge in [-0.2, -0.15) is 0 Å². The average molecular weight is 254 g/mol. The number of nitrogens with one attached hydrogen (secondary N) is 1. The summed E-state index contributed by atoms with van der Waals surface area (Å²) < 4.78 is 13.0. The van der Waals surface area contributed by atoms with Gasteiger partial charge in [-0.1, -0.05) is 26.7 Å². The van der Waals surface area contributed by atoms with E-state index in [0.29, 0.717) is 5.69 Å². The van der Waals surface area contributed by atoms with E-state index in [4.69, 9.17) is 0 Å². The summed E-state index contributed by atoms with van der Waals surface area (Å²) in [6.45, 7) is 4.13. The maximum Gasteiger partial charge on any atom is 0.295 e. The second kappa shape index (κ2) is 6.93. The minimum Gasteiger partial charge on any atom is -0.377 e. The first-order valence-corrected chi connectivity index (χ1v) is 6.29. The van der Waals surface area contributed by atoms with Crippen molar-refractivity contribution < 1.29 is 9.31 Å². The van der Waals surface area contributed by atoms with Crippen LogP contribution in [0.1, 0.15) is 39.5 Å². The van der Waals surface area contributed by atoms with E-state index >= 15 is 0 Å². The molecule has 4 nitrogen and oxygen atoms in total. The SMILES string of the molecule is CCCCC(CC)Nc1ccc(F)cc1[N+](=O)[O-]. The van der Waals surface area contributed by atoms with Gasteiger partial charge in [0.2, 0.25) is 0 Å². The van der Waals surface area contributed by atoms with E-state index in [1.165, 1.54) is 12.1 Å². The number of rotatable bonds is 7. The summed E-state index contributed by atoms with van der Waals surface area (Å²) in [5.41, 5.74) is 0.189. The number of nitro groups is 1. The topological polar surface area (TPSA) is 55.2 Å². The first-order chi connectivity index (χ1) is 8.58. The molecule has 1 rings (SSSR count). The average Bonchev–Trinajstić information content (AvgIpc) is 2.35. The van der Waals surface area contributed by atoms with Crippen LogP contribution in [0.3, 0.4) is 0 Å². The summed E-state index contributed by atoms with van der Waals surface area (Å²) >= 11 is 0. The van der Waals surface area contributed by atoms with Crippen molar-refractivity contribution in [1.29, 1.82) is 0 Å². The molecule has 1 aromatic rings. The van der Waals surface area contributed by atoms with Gasteiger partial charge >= 0.3 is 0 Å². The van der Waals surface area contributed by atoms with Crippen LogP contribution in [0.25, 0.3) is 0 Å². The number of hydrogen-bond donors (Lipinski definition) is 1. The van der Waals surface area contributed by atoms with Crippen molar-refractivity contribution in [2.75, 3.05) is 5.32 Å². The first kappa shape index (κ1) is 14.4. The third-order valence-corrected chi connectivity index (χ3v) is 2.92. The molecule has 0 saturated carbocycles. The van der Waals surface area contributed by atoms with E-state index in [1.54, 1.807) is 0 Å². The molecule has 18 heavy (non-hydrogen) atoms. The van der Waals surface area contributed by atoms with E-state index in [0.717, 1.165) is 31.7 Å². The van der Waals surface area contributed by atoms with Gasteiger partial charge in [-0.15, -0.1) is 0 Å². The Morgan fingerprint density at radius 1 is 1.44 bits per heavy atom. The van der Waals surface area contributed by atoms with Crippen LogP contribution in [-0.2, 0) is 0 Å². The second-order valence-corrected chi connectivity index (χ2v) is 4.31. The maximum absolute atomic E-state index is 13.0. The summed E-state index contributed by atoms with van der Waals surface area (Å²) in [6.07, 6.45) is 4.00. The molecule has 0 aliphatic heterocycles. The molecule has 100 valence electrons. The third-order valence-electron chi connectivity index (χ3n) is 2.92. The summed E-state index contributed by atoms with van der Waals surface area (Å²) in [5, 5.41) is 14.0. The zero-order valence-corrected chi connectivity index (χ0v) is 10.8. The van der Waals surface area contributed by atoms with Crippen molar-refractivity contribution in [2.24, 2.45) is 0 Å². The Kier molecular flexibility index (Phi) is 5.55. The standard InChI is InChI=1S/C13H19FN2O2/c1-3-5-6-11(4-2)15-12-8-7-10(14)9-13(12)16(17)18/h7-9,11,15H,3-6H2,1-2H3. The molecule has 0 bridgehead atoms. The maximum atomic E-state index is 13.0. The Bertz CT molecular complexity index is 410. The Morgan fingerprint density at radius 3 is 2.72 bits per heavy atom. The van der Waals surface area contributed by atoms with Crippen LogP contribution in [0.15, 0.2) is 18.2 Å². The zero-order valence-electron chi connectivity index (χ0n) is 10.8. The third kappa shape index (κ3) is 3.98. The lowest BCUT2D eigenvalue weighted by atomic mass is 10.1. The predicted octanol–water partition coefficient (Wildman–Crippen LogP) is 4.11. The van der Waals surface area contributed by atoms with Gasteiger partial charge in [0.15, 0.2) is 0 Å². The number of hydrogen-bond acceptors (Lipinski definition) is 3. The molecule has 0 radical (unpaired) electrons.